The predicted molar refractivity (Wildman–Crippen MR) is 89.2 cm³/mol. The Balaban J connectivity index is 2.77. The normalized spacial score (nSPS) is 14.0. The van der Waals surface area contributed by atoms with E-state index in [1.807, 2.05) is 0 Å². The van der Waals surface area contributed by atoms with Crippen LogP contribution in [0.25, 0.3) is 0 Å². The van der Waals surface area contributed by atoms with E-state index in [1.54, 1.807) is 14.2 Å². The number of methoxy groups -OCH3 is 2. The van der Waals surface area contributed by atoms with Crippen molar-refractivity contribution in [2.75, 3.05) is 27.4 Å². The molecule has 120 valence electrons. The lowest BCUT2D eigenvalue weighted by atomic mass is 9.95. The van der Waals surface area contributed by atoms with Gasteiger partial charge in [0.05, 0.1) is 7.11 Å². The Kier molecular flexibility index (Phi) is 8.40. The number of ether oxygens (including phenoxy) is 2. The number of benzene rings is 1. The highest BCUT2D eigenvalue weighted by atomic mass is 16.5. The second kappa shape index (κ2) is 9.80. The summed E-state index contributed by atoms with van der Waals surface area (Å²) in [6, 6.07) is 6.87. The van der Waals surface area contributed by atoms with Gasteiger partial charge in [-0.3, -0.25) is 0 Å². The molecule has 1 rings (SSSR count). The Morgan fingerprint density at radius 2 is 2.00 bits per heavy atom. The molecule has 0 saturated carbocycles. The minimum Gasteiger partial charge on any atom is -0.496 e. The van der Waals surface area contributed by atoms with Gasteiger partial charge in [0.2, 0.25) is 0 Å². The summed E-state index contributed by atoms with van der Waals surface area (Å²) in [5, 5.41) is 3.67. The fraction of sp³-hybridized carbons (Fsp3) is 0.667. The molecule has 0 aliphatic heterocycles. The van der Waals surface area contributed by atoms with Crippen LogP contribution in [-0.4, -0.2) is 33.4 Å². The molecule has 1 N–H and O–H groups in total. The largest absolute Gasteiger partial charge is 0.496 e. The summed E-state index contributed by atoms with van der Waals surface area (Å²) >= 11 is 0. The SMILES string of the molecule is CCCNC(Cc1cc(C)ccc1OC)CC(C)COC. The average Bonchev–Trinajstić information content (AvgIpc) is 2.45. The lowest BCUT2D eigenvalue weighted by Crippen LogP contribution is -2.34. The van der Waals surface area contributed by atoms with Gasteiger partial charge in [0.15, 0.2) is 0 Å². The molecule has 0 radical (unpaired) electrons. The molecule has 0 aliphatic rings. The summed E-state index contributed by atoms with van der Waals surface area (Å²) in [6.07, 6.45) is 3.27. The van der Waals surface area contributed by atoms with Gasteiger partial charge in [0.25, 0.3) is 0 Å². The van der Waals surface area contributed by atoms with Crippen molar-refractivity contribution in [3.63, 3.8) is 0 Å². The van der Waals surface area contributed by atoms with E-state index >= 15 is 0 Å². The summed E-state index contributed by atoms with van der Waals surface area (Å²) in [6.45, 7) is 8.45. The van der Waals surface area contributed by atoms with Crippen molar-refractivity contribution >= 4 is 0 Å². The Morgan fingerprint density at radius 3 is 2.62 bits per heavy atom. The van der Waals surface area contributed by atoms with Crippen LogP contribution < -0.4 is 10.1 Å². The quantitative estimate of drug-likeness (QED) is 0.715. The smallest absolute Gasteiger partial charge is 0.122 e. The first-order valence-electron chi connectivity index (χ1n) is 7.96. The van der Waals surface area contributed by atoms with E-state index in [0.717, 1.165) is 38.2 Å². The van der Waals surface area contributed by atoms with E-state index in [2.05, 4.69) is 44.3 Å². The zero-order valence-electron chi connectivity index (χ0n) is 14.2. The lowest BCUT2D eigenvalue weighted by Gasteiger charge is -2.23. The number of nitrogens with one attached hydrogen (secondary N) is 1. The molecule has 1 aromatic rings. The first kappa shape index (κ1) is 18.0. The summed E-state index contributed by atoms with van der Waals surface area (Å²) in [5.74, 6) is 1.54. The predicted octanol–water partition coefficient (Wildman–Crippen LogP) is 3.59. The number of rotatable bonds is 10. The number of aryl methyl sites for hydroxylation is 1. The molecule has 3 heteroatoms. The van der Waals surface area contributed by atoms with Crippen molar-refractivity contribution in [3.05, 3.63) is 29.3 Å². The van der Waals surface area contributed by atoms with Crippen LogP contribution in [0, 0.1) is 12.8 Å². The third-order valence-corrected chi connectivity index (χ3v) is 3.72. The molecule has 1 aromatic carbocycles. The van der Waals surface area contributed by atoms with E-state index in [0.29, 0.717) is 12.0 Å². The van der Waals surface area contributed by atoms with E-state index in [9.17, 15) is 0 Å². The molecule has 0 spiro atoms. The Hall–Kier alpha value is -1.06. The molecule has 2 unspecified atom stereocenters. The minimum absolute atomic E-state index is 0.464. The van der Waals surface area contributed by atoms with E-state index in [1.165, 1.54) is 11.1 Å². The van der Waals surface area contributed by atoms with Crippen molar-refractivity contribution in [1.82, 2.24) is 5.32 Å². The molecule has 3 nitrogen and oxygen atoms in total. The van der Waals surface area contributed by atoms with Gasteiger partial charge in [-0.05, 0) is 50.3 Å². The Labute approximate surface area is 130 Å². The molecular formula is C18H31NO2. The molecule has 0 heterocycles. The van der Waals surface area contributed by atoms with Crippen molar-refractivity contribution in [1.29, 1.82) is 0 Å². The molecule has 0 bridgehead atoms. The van der Waals surface area contributed by atoms with E-state index in [4.69, 9.17) is 9.47 Å². The van der Waals surface area contributed by atoms with Crippen LogP contribution in [0.2, 0.25) is 0 Å². The molecule has 2 atom stereocenters. The standard InChI is InChI=1S/C18H31NO2/c1-6-9-19-17(11-15(3)13-20-4)12-16-10-14(2)7-8-18(16)21-5/h7-8,10,15,17,19H,6,9,11-13H2,1-5H3. The fourth-order valence-corrected chi connectivity index (χ4v) is 2.76. The van der Waals surface area contributed by atoms with Crippen LogP contribution in [0.4, 0.5) is 0 Å². The van der Waals surface area contributed by atoms with Crippen molar-refractivity contribution in [2.24, 2.45) is 5.92 Å². The van der Waals surface area contributed by atoms with Crippen molar-refractivity contribution in [3.8, 4) is 5.75 Å². The van der Waals surface area contributed by atoms with Crippen LogP contribution in [0.15, 0.2) is 18.2 Å². The summed E-state index contributed by atoms with van der Waals surface area (Å²) < 4.78 is 10.8. The number of hydrogen-bond acceptors (Lipinski definition) is 3. The molecule has 0 aromatic heterocycles. The molecule has 21 heavy (non-hydrogen) atoms. The zero-order valence-corrected chi connectivity index (χ0v) is 14.2. The van der Waals surface area contributed by atoms with Gasteiger partial charge in [0.1, 0.15) is 5.75 Å². The second-order valence-electron chi connectivity index (χ2n) is 5.97. The van der Waals surface area contributed by atoms with Crippen LogP contribution >= 0.6 is 0 Å². The van der Waals surface area contributed by atoms with Crippen LogP contribution in [-0.2, 0) is 11.2 Å². The monoisotopic (exact) mass is 293 g/mol. The maximum Gasteiger partial charge on any atom is 0.122 e. The third kappa shape index (κ3) is 6.49. The van der Waals surface area contributed by atoms with Crippen LogP contribution in [0.3, 0.4) is 0 Å². The van der Waals surface area contributed by atoms with Gasteiger partial charge >= 0.3 is 0 Å². The maximum atomic E-state index is 5.51. The van der Waals surface area contributed by atoms with Crippen molar-refractivity contribution in [2.45, 2.75) is 46.1 Å². The highest BCUT2D eigenvalue weighted by Gasteiger charge is 2.15. The summed E-state index contributed by atoms with van der Waals surface area (Å²) in [4.78, 5) is 0. The fourth-order valence-electron chi connectivity index (χ4n) is 2.76. The maximum absolute atomic E-state index is 5.51. The molecule has 0 saturated heterocycles. The zero-order chi connectivity index (χ0) is 15.7. The lowest BCUT2D eigenvalue weighted by molar-refractivity contribution is 0.149. The van der Waals surface area contributed by atoms with Gasteiger partial charge in [0, 0.05) is 19.8 Å². The Morgan fingerprint density at radius 1 is 1.24 bits per heavy atom. The van der Waals surface area contributed by atoms with Gasteiger partial charge < -0.3 is 14.8 Å². The van der Waals surface area contributed by atoms with Gasteiger partial charge in [-0.25, -0.2) is 0 Å². The van der Waals surface area contributed by atoms with Gasteiger partial charge in [-0.2, -0.15) is 0 Å². The molecule has 0 aliphatic carbocycles. The topological polar surface area (TPSA) is 30.5 Å². The van der Waals surface area contributed by atoms with Crippen LogP contribution in [0.1, 0.15) is 37.8 Å². The van der Waals surface area contributed by atoms with Crippen molar-refractivity contribution < 1.29 is 9.47 Å². The number of hydrogen-bond donors (Lipinski definition) is 1. The Bertz CT molecular complexity index is 406. The average molecular weight is 293 g/mol. The van der Waals surface area contributed by atoms with Gasteiger partial charge in [-0.1, -0.05) is 31.5 Å². The van der Waals surface area contributed by atoms with E-state index < -0.39 is 0 Å². The molecule has 0 fully saturated rings. The summed E-state index contributed by atoms with van der Waals surface area (Å²) in [7, 11) is 3.52. The van der Waals surface area contributed by atoms with Crippen LogP contribution in [0.5, 0.6) is 5.75 Å². The molecule has 0 amide bonds. The third-order valence-electron chi connectivity index (χ3n) is 3.72. The highest BCUT2D eigenvalue weighted by molar-refractivity contribution is 5.37. The minimum atomic E-state index is 0.464. The van der Waals surface area contributed by atoms with E-state index in [-0.39, 0.29) is 0 Å². The molecular weight excluding hydrogens is 262 g/mol. The first-order valence-corrected chi connectivity index (χ1v) is 7.96. The second-order valence-corrected chi connectivity index (χ2v) is 5.97. The van der Waals surface area contributed by atoms with Gasteiger partial charge in [-0.15, -0.1) is 0 Å². The summed E-state index contributed by atoms with van der Waals surface area (Å²) in [5.41, 5.74) is 2.57. The highest BCUT2D eigenvalue weighted by Crippen LogP contribution is 2.23. The first-order chi connectivity index (χ1) is 10.1.